The molecule has 3 aliphatic rings. The van der Waals surface area contributed by atoms with Gasteiger partial charge in [-0.05, 0) is 138 Å². The van der Waals surface area contributed by atoms with Gasteiger partial charge in [-0.15, -0.1) is 0 Å². The third kappa shape index (κ3) is 5.56. The van der Waals surface area contributed by atoms with Gasteiger partial charge in [0.05, 0.1) is 0 Å². The SMILES string of the molecule is Cc1cccc(C)c1C(c1ccc2c(c1)C(C)(C)c1cc(-c3ccccc3C(C)(C)C)c3oc4ccccc4c3c1-2)c1ccc2c(c1)C(C)(C)c1c3c(c4oc5ccccc5c4c1-2)-c1ccccc1C3(C)C. The summed E-state index contributed by atoms with van der Waals surface area (Å²) in [4.78, 5) is 0. The summed E-state index contributed by atoms with van der Waals surface area (Å²) < 4.78 is 14.0. The van der Waals surface area contributed by atoms with Crippen LogP contribution >= 0.6 is 0 Å². The van der Waals surface area contributed by atoms with Crippen LogP contribution < -0.4 is 0 Å². The minimum Gasteiger partial charge on any atom is -0.455 e. The molecule has 3 aliphatic carbocycles. The van der Waals surface area contributed by atoms with Crippen molar-refractivity contribution in [3.8, 4) is 44.5 Å². The van der Waals surface area contributed by atoms with Crippen LogP contribution in [0.2, 0.25) is 0 Å². The van der Waals surface area contributed by atoms with Crippen molar-refractivity contribution in [3.63, 3.8) is 0 Å². The van der Waals surface area contributed by atoms with Crippen molar-refractivity contribution in [1.82, 2.24) is 0 Å². The van der Waals surface area contributed by atoms with Crippen molar-refractivity contribution in [2.75, 3.05) is 0 Å². The molecule has 352 valence electrons. The van der Waals surface area contributed by atoms with Crippen molar-refractivity contribution >= 4 is 43.9 Å². The number of fused-ring (bicyclic) bond motifs is 19. The first kappa shape index (κ1) is 43.4. The maximum Gasteiger partial charge on any atom is 0.144 e. The van der Waals surface area contributed by atoms with E-state index in [2.05, 4.69) is 234 Å². The molecule has 0 N–H and O–H groups in total. The molecule has 0 saturated carbocycles. The van der Waals surface area contributed by atoms with Crippen molar-refractivity contribution in [2.24, 2.45) is 0 Å². The second kappa shape index (κ2) is 14.4. The second-order valence-corrected chi connectivity index (χ2v) is 24.0. The molecule has 1 unspecified atom stereocenters. The Labute approximate surface area is 423 Å². The predicted molar refractivity (Wildman–Crippen MR) is 301 cm³/mol. The molecular formula is C70H60O2. The van der Waals surface area contributed by atoms with E-state index in [-0.39, 0.29) is 27.6 Å². The third-order valence-electron chi connectivity index (χ3n) is 17.8. The fourth-order valence-corrected chi connectivity index (χ4v) is 14.4. The lowest BCUT2D eigenvalue weighted by Crippen LogP contribution is -2.24. The largest absolute Gasteiger partial charge is 0.455 e. The van der Waals surface area contributed by atoms with Gasteiger partial charge in [0.1, 0.15) is 22.3 Å². The molecule has 2 nitrogen and oxygen atoms in total. The van der Waals surface area contributed by atoms with E-state index in [4.69, 9.17) is 8.83 Å². The van der Waals surface area contributed by atoms with Crippen LogP contribution in [-0.2, 0) is 21.7 Å². The van der Waals surface area contributed by atoms with Gasteiger partial charge < -0.3 is 8.83 Å². The van der Waals surface area contributed by atoms with Gasteiger partial charge in [-0.1, -0.05) is 202 Å². The number of rotatable bonds is 4. The first-order valence-electron chi connectivity index (χ1n) is 26.0. The van der Waals surface area contributed by atoms with Crippen LogP contribution in [0.3, 0.4) is 0 Å². The Morgan fingerprint density at radius 2 is 0.903 bits per heavy atom. The third-order valence-corrected chi connectivity index (χ3v) is 17.8. The van der Waals surface area contributed by atoms with Gasteiger partial charge in [0.2, 0.25) is 0 Å². The van der Waals surface area contributed by atoms with E-state index >= 15 is 0 Å². The minimum atomic E-state index is -0.300. The van der Waals surface area contributed by atoms with Crippen molar-refractivity contribution in [1.29, 1.82) is 0 Å². The maximum absolute atomic E-state index is 7.02. The zero-order chi connectivity index (χ0) is 49.5. The molecular weight excluding hydrogens is 873 g/mol. The Bertz CT molecular complexity index is 4170. The van der Waals surface area contributed by atoms with Crippen LogP contribution in [0, 0.1) is 13.8 Å². The molecule has 72 heavy (non-hydrogen) atoms. The molecule has 0 saturated heterocycles. The summed E-state index contributed by atoms with van der Waals surface area (Å²) in [6, 6.07) is 59.5. The number of furan rings is 2. The van der Waals surface area contributed by atoms with E-state index < -0.39 is 0 Å². The summed E-state index contributed by atoms with van der Waals surface area (Å²) in [6.07, 6.45) is 0. The lowest BCUT2D eigenvalue weighted by atomic mass is 9.71. The Kier molecular flexibility index (Phi) is 8.66. The number of hydrogen-bond donors (Lipinski definition) is 0. The number of benzene rings is 9. The van der Waals surface area contributed by atoms with Crippen LogP contribution in [0.1, 0.15) is 135 Å². The fraction of sp³-hybridized carbons (Fsp3) is 0.229. The van der Waals surface area contributed by atoms with E-state index in [0.29, 0.717) is 0 Å². The molecule has 2 heterocycles. The molecule has 14 rings (SSSR count). The van der Waals surface area contributed by atoms with Gasteiger partial charge in [0.25, 0.3) is 0 Å². The summed E-state index contributed by atoms with van der Waals surface area (Å²) in [6.45, 7) is 26.2. The van der Waals surface area contributed by atoms with E-state index in [1.807, 2.05) is 0 Å². The molecule has 2 aromatic heterocycles. The summed E-state index contributed by atoms with van der Waals surface area (Å²) in [7, 11) is 0. The van der Waals surface area contributed by atoms with Crippen LogP contribution in [0.25, 0.3) is 88.4 Å². The first-order valence-corrected chi connectivity index (χ1v) is 26.0. The van der Waals surface area contributed by atoms with E-state index in [1.165, 1.54) is 133 Å². The average molecular weight is 933 g/mol. The van der Waals surface area contributed by atoms with Gasteiger partial charge in [0.15, 0.2) is 0 Å². The Hall–Kier alpha value is -7.42. The van der Waals surface area contributed by atoms with Crippen LogP contribution in [0.15, 0.2) is 167 Å². The van der Waals surface area contributed by atoms with Crippen LogP contribution in [-0.4, -0.2) is 0 Å². The van der Waals surface area contributed by atoms with Crippen molar-refractivity contribution in [3.05, 3.63) is 224 Å². The molecule has 0 amide bonds. The summed E-state index contributed by atoms with van der Waals surface area (Å²) in [5.41, 5.74) is 29.4. The Balaban J connectivity index is 0.996. The van der Waals surface area contributed by atoms with Crippen LogP contribution in [0.4, 0.5) is 0 Å². The van der Waals surface area contributed by atoms with E-state index in [9.17, 15) is 0 Å². The minimum absolute atomic E-state index is 0.00833. The Morgan fingerprint density at radius 3 is 1.56 bits per heavy atom. The first-order chi connectivity index (χ1) is 34.5. The van der Waals surface area contributed by atoms with Crippen molar-refractivity contribution < 1.29 is 8.83 Å². The quantitative estimate of drug-likeness (QED) is 0.164. The maximum atomic E-state index is 7.02. The van der Waals surface area contributed by atoms with E-state index in [0.717, 1.165) is 22.3 Å². The lowest BCUT2D eigenvalue weighted by Gasteiger charge is -2.31. The normalized spacial score (nSPS) is 16.0. The summed E-state index contributed by atoms with van der Waals surface area (Å²) >= 11 is 0. The van der Waals surface area contributed by atoms with Gasteiger partial charge in [0, 0.05) is 54.8 Å². The topological polar surface area (TPSA) is 26.3 Å². The van der Waals surface area contributed by atoms with Crippen molar-refractivity contribution in [2.45, 2.75) is 104 Å². The monoisotopic (exact) mass is 932 g/mol. The zero-order valence-corrected chi connectivity index (χ0v) is 43.4. The lowest BCUT2D eigenvalue weighted by molar-refractivity contribution is 0.591. The predicted octanol–water partition coefficient (Wildman–Crippen LogP) is 19.2. The zero-order valence-electron chi connectivity index (χ0n) is 43.4. The van der Waals surface area contributed by atoms with E-state index in [1.54, 1.807) is 0 Å². The smallest absolute Gasteiger partial charge is 0.144 e. The van der Waals surface area contributed by atoms with Gasteiger partial charge in [-0.25, -0.2) is 0 Å². The van der Waals surface area contributed by atoms with Crippen LogP contribution in [0.5, 0.6) is 0 Å². The molecule has 0 radical (unpaired) electrons. The molecule has 0 fully saturated rings. The fourth-order valence-electron chi connectivity index (χ4n) is 14.4. The highest BCUT2D eigenvalue weighted by molar-refractivity contribution is 6.21. The number of hydrogen-bond acceptors (Lipinski definition) is 2. The molecule has 11 aromatic rings. The molecule has 0 bridgehead atoms. The molecule has 2 heteroatoms. The molecule has 0 aliphatic heterocycles. The number of para-hydroxylation sites is 2. The highest BCUT2D eigenvalue weighted by Gasteiger charge is 2.49. The average Bonchev–Trinajstić information content (AvgIpc) is 4.11. The molecule has 0 spiro atoms. The summed E-state index contributed by atoms with van der Waals surface area (Å²) in [5.74, 6) is -0.00833. The second-order valence-electron chi connectivity index (χ2n) is 24.0. The molecule has 9 aromatic carbocycles. The van der Waals surface area contributed by atoms with Gasteiger partial charge in [-0.2, -0.15) is 0 Å². The van der Waals surface area contributed by atoms with Gasteiger partial charge in [-0.3, -0.25) is 0 Å². The molecule has 1 atom stereocenters. The Morgan fingerprint density at radius 1 is 0.403 bits per heavy atom. The highest BCUT2D eigenvalue weighted by atomic mass is 16.3. The van der Waals surface area contributed by atoms with Gasteiger partial charge >= 0.3 is 0 Å². The highest BCUT2D eigenvalue weighted by Crippen LogP contribution is 2.64. The number of aryl methyl sites for hydroxylation is 2. The standard InChI is InChI=1S/C70H60O2/c1-38-21-20-22-39(2)56(38)57(40-31-33-44-51(35-40)68(6,7)53-37-48(42-23-12-16-27-49(42)67(3,4)5)65-60(58(44)53)46-25-14-18-29-54(46)71-65)41-32-34-45-52(36-41)70(10,11)63-59(45)61-47-26-15-19-30-55(47)72-66(61)62-43-24-13-17-28-50(43)69(8,9)64(62)63/h12-37,57H,1-11H3. The summed E-state index contributed by atoms with van der Waals surface area (Å²) in [5, 5.41) is 4.80.